The number of carbonyl (C=O) groups excluding carboxylic acids is 1. The Bertz CT molecular complexity index is 1440. The summed E-state index contributed by atoms with van der Waals surface area (Å²) in [6.07, 6.45) is 3.08. The molecular formula is C24H19FN6O2. The smallest absolute Gasteiger partial charge is 0.259 e. The lowest BCUT2D eigenvalue weighted by atomic mass is 10.0. The standard InChI is InChI=1S/C24H19FN6O2/c1-14(16-7-9-17(10-8-16)31-13-26-12-27-31)28-23(32)19-11-21(18-5-3-4-6-20(18)25)29-24-22(19)15(2)30-33-24/h3-14H,1-2H3,(H,28,32)/t14-/m0/s1. The Morgan fingerprint density at radius 2 is 1.94 bits per heavy atom. The van der Waals surface area contributed by atoms with Gasteiger partial charge in [0, 0.05) is 5.56 Å². The van der Waals surface area contributed by atoms with Crippen molar-refractivity contribution in [1.29, 1.82) is 0 Å². The Morgan fingerprint density at radius 3 is 2.67 bits per heavy atom. The van der Waals surface area contributed by atoms with Gasteiger partial charge in [0.15, 0.2) is 0 Å². The molecule has 9 heteroatoms. The SMILES string of the molecule is Cc1noc2nc(-c3ccccc3F)cc(C(=O)N[C@@H](C)c3ccc(-n4cncn4)cc3)c12. The minimum Gasteiger partial charge on any atom is -0.345 e. The number of amides is 1. The molecule has 0 aliphatic carbocycles. The van der Waals surface area contributed by atoms with E-state index in [0.29, 0.717) is 22.3 Å². The van der Waals surface area contributed by atoms with Crippen LogP contribution >= 0.6 is 0 Å². The highest BCUT2D eigenvalue weighted by molar-refractivity contribution is 6.07. The maximum Gasteiger partial charge on any atom is 0.259 e. The number of aryl methyl sites for hydroxylation is 1. The zero-order chi connectivity index (χ0) is 22.9. The van der Waals surface area contributed by atoms with E-state index in [9.17, 15) is 9.18 Å². The summed E-state index contributed by atoms with van der Waals surface area (Å²) in [5.74, 6) is -0.771. The van der Waals surface area contributed by atoms with E-state index in [4.69, 9.17) is 4.52 Å². The van der Waals surface area contributed by atoms with Gasteiger partial charge in [-0.1, -0.05) is 29.4 Å². The van der Waals surface area contributed by atoms with E-state index < -0.39 is 5.82 Å². The number of hydrogen-bond donors (Lipinski definition) is 1. The van der Waals surface area contributed by atoms with Crippen LogP contribution < -0.4 is 5.32 Å². The van der Waals surface area contributed by atoms with Crippen LogP contribution in [0.15, 0.2) is 71.8 Å². The van der Waals surface area contributed by atoms with Crippen LogP contribution in [0.5, 0.6) is 0 Å². The van der Waals surface area contributed by atoms with Crippen LogP contribution in [0.3, 0.4) is 0 Å². The molecule has 0 spiro atoms. The van der Waals surface area contributed by atoms with E-state index in [0.717, 1.165) is 11.3 Å². The average Bonchev–Trinajstić information content (AvgIpc) is 3.49. The largest absolute Gasteiger partial charge is 0.345 e. The molecule has 164 valence electrons. The molecule has 0 bridgehead atoms. The molecule has 8 nitrogen and oxygen atoms in total. The fourth-order valence-corrected chi connectivity index (χ4v) is 3.70. The minimum atomic E-state index is -0.437. The Labute approximate surface area is 188 Å². The van der Waals surface area contributed by atoms with Crippen molar-refractivity contribution in [2.24, 2.45) is 0 Å². The van der Waals surface area contributed by atoms with Gasteiger partial charge in [-0.25, -0.2) is 19.0 Å². The van der Waals surface area contributed by atoms with Crippen LogP contribution in [0.1, 0.15) is 34.6 Å². The van der Waals surface area contributed by atoms with Crippen molar-refractivity contribution in [1.82, 2.24) is 30.2 Å². The second-order valence-electron chi connectivity index (χ2n) is 7.61. The molecule has 1 amide bonds. The van der Waals surface area contributed by atoms with E-state index in [2.05, 4.69) is 25.5 Å². The molecule has 3 aromatic heterocycles. The van der Waals surface area contributed by atoms with Gasteiger partial charge in [-0.15, -0.1) is 0 Å². The molecule has 33 heavy (non-hydrogen) atoms. The second kappa shape index (κ2) is 8.27. The lowest BCUT2D eigenvalue weighted by molar-refractivity contribution is 0.0941. The molecule has 0 fully saturated rings. The minimum absolute atomic E-state index is 0.184. The van der Waals surface area contributed by atoms with E-state index in [1.54, 1.807) is 42.2 Å². The third-order valence-corrected chi connectivity index (χ3v) is 5.44. The van der Waals surface area contributed by atoms with Crippen LogP contribution in [0.25, 0.3) is 28.0 Å². The monoisotopic (exact) mass is 442 g/mol. The quantitative estimate of drug-likeness (QED) is 0.433. The van der Waals surface area contributed by atoms with Crippen molar-refractivity contribution in [2.45, 2.75) is 19.9 Å². The predicted octanol–water partition coefficient (Wildman–Crippen LogP) is 4.41. The van der Waals surface area contributed by atoms with E-state index in [-0.39, 0.29) is 23.2 Å². The van der Waals surface area contributed by atoms with Crippen molar-refractivity contribution in [3.05, 3.63) is 89.9 Å². The first-order valence-corrected chi connectivity index (χ1v) is 10.3. The van der Waals surface area contributed by atoms with E-state index >= 15 is 0 Å². The highest BCUT2D eigenvalue weighted by Crippen LogP contribution is 2.29. The zero-order valence-electron chi connectivity index (χ0n) is 17.9. The molecule has 0 unspecified atom stereocenters. The topological polar surface area (TPSA) is 98.7 Å². The normalized spacial score (nSPS) is 12.1. The number of fused-ring (bicyclic) bond motifs is 1. The van der Waals surface area contributed by atoms with Crippen molar-refractivity contribution in [3.63, 3.8) is 0 Å². The Hall–Kier alpha value is -4.40. The molecular weight excluding hydrogens is 423 g/mol. The van der Waals surface area contributed by atoms with Crippen molar-refractivity contribution >= 4 is 17.0 Å². The first kappa shape index (κ1) is 20.5. The summed E-state index contributed by atoms with van der Waals surface area (Å²) < 4.78 is 21.3. The molecule has 5 rings (SSSR count). The van der Waals surface area contributed by atoms with E-state index in [1.165, 1.54) is 12.4 Å². The predicted molar refractivity (Wildman–Crippen MR) is 119 cm³/mol. The number of hydrogen-bond acceptors (Lipinski definition) is 6. The van der Waals surface area contributed by atoms with E-state index in [1.807, 2.05) is 31.2 Å². The van der Waals surface area contributed by atoms with Crippen molar-refractivity contribution in [3.8, 4) is 16.9 Å². The Kier molecular flexibility index (Phi) is 5.14. The van der Waals surface area contributed by atoms with Gasteiger partial charge in [0.05, 0.1) is 34.1 Å². The van der Waals surface area contributed by atoms with Crippen LogP contribution in [0.2, 0.25) is 0 Å². The summed E-state index contributed by atoms with van der Waals surface area (Å²) in [5.41, 5.74) is 3.39. The molecule has 3 heterocycles. The summed E-state index contributed by atoms with van der Waals surface area (Å²) in [6.45, 7) is 3.62. The van der Waals surface area contributed by atoms with Crippen LogP contribution in [-0.2, 0) is 0 Å². The maximum absolute atomic E-state index is 14.4. The molecule has 0 saturated carbocycles. The second-order valence-corrected chi connectivity index (χ2v) is 7.61. The van der Waals surface area contributed by atoms with Gasteiger partial charge < -0.3 is 9.84 Å². The van der Waals surface area contributed by atoms with Gasteiger partial charge in [0.1, 0.15) is 18.5 Å². The first-order chi connectivity index (χ1) is 16.0. The van der Waals surface area contributed by atoms with Crippen molar-refractivity contribution in [2.75, 3.05) is 0 Å². The molecule has 2 aromatic carbocycles. The third-order valence-electron chi connectivity index (χ3n) is 5.44. The molecule has 0 radical (unpaired) electrons. The number of pyridine rings is 1. The van der Waals surface area contributed by atoms with Crippen LogP contribution in [0.4, 0.5) is 4.39 Å². The molecule has 5 aromatic rings. The number of rotatable bonds is 5. The number of nitrogens with zero attached hydrogens (tertiary/aromatic N) is 5. The molecule has 1 N–H and O–H groups in total. The Morgan fingerprint density at radius 1 is 1.15 bits per heavy atom. The number of halogens is 1. The maximum atomic E-state index is 14.4. The number of benzene rings is 2. The van der Waals surface area contributed by atoms with Gasteiger partial charge >= 0.3 is 0 Å². The lowest BCUT2D eigenvalue weighted by Crippen LogP contribution is -2.27. The van der Waals surface area contributed by atoms with Gasteiger partial charge in [0.2, 0.25) is 0 Å². The van der Waals surface area contributed by atoms with Crippen molar-refractivity contribution < 1.29 is 13.7 Å². The number of nitrogens with one attached hydrogen (secondary N) is 1. The molecule has 0 aliphatic heterocycles. The first-order valence-electron chi connectivity index (χ1n) is 10.3. The van der Waals surface area contributed by atoms with Crippen LogP contribution in [-0.4, -0.2) is 30.8 Å². The highest BCUT2D eigenvalue weighted by atomic mass is 19.1. The molecule has 0 saturated heterocycles. The average molecular weight is 442 g/mol. The fourth-order valence-electron chi connectivity index (χ4n) is 3.70. The van der Waals surface area contributed by atoms with Gasteiger partial charge in [-0.2, -0.15) is 5.10 Å². The summed E-state index contributed by atoms with van der Waals surface area (Å²) in [7, 11) is 0. The van der Waals surface area contributed by atoms with Gasteiger partial charge in [0.25, 0.3) is 11.6 Å². The zero-order valence-corrected chi connectivity index (χ0v) is 17.9. The van der Waals surface area contributed by atoms with Crippen LogP contribution in [0, 0.1) is 12.7 Å². The lowest BCUT2D eigenvalue weighted by Gasteiger charge is -2.16. The summed E-state index contributed by atoms with van der Waals surface area (Å²) in [6, 6.07) is 15.2. The van der Waals surface area contributed by atoms with Gasteiger partial charge in [-0.05, 0) is 49.7 Å². The Balaban J connectivity index is 1.46. The highest BCUT2D eigenvalue weighted by Gasteiger charge is 2.21. The number of aromatic nitrogens is 5. The summed E-state index contributed by atoms with van der Waals surface area (Å²) in [5, 5.41) is 11.6. The van der Waals surface area contributed by atoms with Gasteiger partial charge in [-0.3, -0.25) is 4.79 Å². The molecule has 1 atom stereocenters. The molecule has 0 aliphatic rings. The third kappa shape index (κ3) is 3.84. The fraction of sp³-hybridized carbons (Fsp3) is 0.125. The summed E-state index contributed by atoms with van der Waals surface area (Å²) >= 11 is 0. The number of carbonyl (C=O) groups is 1. The summed E-state index contributed by atoms with van der Waals surface area (Å²) in [4.78, 5) is 21.6.